The monoisotopic (exact) mass is 432 g/mol. The Bertz CT molecular complexity index is 1240. The molecule has 31 heavy (non-hydrogen) atoms. The van der Waals surface area contributed by atoms with Gasteiger partial charge in [-0.25, -0.2) is 4.68 Å². The molecule has 3 aromatic rings. The Morgan fingerprint density at radius 3 is 2.84 bits per heavy atom. The van der Waals surface area contributed by atoms with Gasteiger partial charge in [-0.15, -0.1) is 0 Å². The average Bonchev–Trinajstić information content (AvgIpc) is 3.17. The van der Waals surface area contributed by atoms with E-state index < -0.39 is 6.04 Å². The van der Waals surface area contributed by atoms with Gasteiger partial charge in [0.05, 0.1) is 6.20 Å². The number of nitrogens with zero attached hydrogens (tertiary/aromatic N) is 2. The largest absolute Gasteiger partial charge is 0.343 e. The summed E-state index contributed by atoms with van der Waals surface area (Å²) >= 11 is 6.52. The number of benzene rings is 2. The van der Waals surface area contributed by atoms with Crippen molar-refractivity contribution in [2.24, 2.45) is 0 Å². The number of halogens is 1. The molecule has 2 heterocycles. The van der Waals surface area contributed by atoms with Crippen LogP contribution in [0.25, 0.3) is 0 Å². The normalized spacial score (nSPS) is 17.6. The number of hydrogen-bond donors (Lipinski definition) is 2. The maximum Gasteiger partial charge on any atom is 0.261 e. The van der Waals surface area contributed by atoms with E-state index in [1.165, 1.54) is 0 Å². The summed E-state index contributed by atoms with van der Waals surface area (Å²) in [6.07, 6.45) is 3.56. The van der Waals surface area contributed by atoms with Crippen LogP contribution in [-0.2, 0) is 4.79 Å². The molecule has 2 aromatic carbocycles. The molecule has 0 radical (unpaired) electrons. The number of aromatic nitrogens is 2. The Labute approximate surface area is 184 Å². The number of fused-ring (bicyclic) bond motifs is 1. The number of Topliss-reactive ketones (excluding diaryl/α,β-unsaturated/α-hetero) is 1. The van der Waals surface area contributed by atoms with E-state index in [-0.39, 0.29) is 11.7 Å². The fourth-order valence-corrected chi connectivity index (χ4v) is 4.57. The van der Waals surface area contributed by atoms with E-state index in [4.69, 9.17) is 11.6 Å². The SMILES string of the molecule is Cc1cccc(NC(=O)c2cnn3c2NC2=C(C(=O)CCC2)C3c2ccccc2Cl)c1. The van der Waals surface area contributed by atoms with Crippen LogP contribution in [0, 0.1) is 6.92 Å². The first-order valence-corrected chi connectivity index (χ1v) is 10.6. The smallest absolute Gasteiger partial charge is 0.261 e. The third kappa shape index (κ3) is 3.43. The number of ketones is 1. The minimum atomic E-state index is -0.465. The summed E-state index contributed by atoms with van der Waals surface area (Å²) < 4.78 is 1.70. The number of aryl methyl sites for hydroxylation is 1. The lowest BCUT2D eigenvalue weighted by atomic mass is 9.85. The molecule has 5 rings (SSSR count). The van der Waals surface area contributed by atoms with Crippen LogP contribution in [0.5, 0.6) is 0 Å². The highest BCUT2D eigenvalue weighted by Crippen LogP contribution is 2.43. The molecule has 1 aromatic heterocycles. The summed E-state index contributed by atoms with van der Waals surface area (Å²) in [5.74, 6) is 0.401. The van der Waals surface area contributed by atoms with E-state index in [0.29, 0.717) is 28.4 Å². The Hall–Kier alpha value is -3.38. The zero-order chi connectivity index (χ0) is 21.5. The number of amides is 1. The van der Waals surface area contributed by atoms with Crippen molar-refractivity contribution in [3.63, 3.8) is 0 Å². The molecular formula is C24H21ClN4O2. The van der Waals surface area contributed by atoms with Gasteiger partial charge < -0.3 is 10.6 Å². The molecule has 2 aliphatic rings. The third-order valence-corrected chi connectivity index (χ3v) is 6.10. The zero-order valence-corrected chi connectivity index (χ0v) is 17.7. The molecule has 0 spiro atoms. The van der Waals surface area contributed by atoms with Gasteiger partial charge in [-0.1, -0.05) is 41.9 Å². The lowest BCUT2D eigenvalue weighted by Crippen LogP contribution is -2.32. The summed E-state index contributed by atoms with van der Waals surface area (Å²) in [5, 5.41) is 11.3. The highest BCUT2D eigenvalue weighted by atomic mass is 35.5. The van der Waals surface area contributed by atoms with Gasteiger partial charge in [0.25, 0.3) is 5.91 Å². The molecule has 0 saturated heterocycles. The topological polar surface area (TPSA) is 76.0 Å². The van der Waals surface area contributed by atoms with Crippen LogP contribution in [0.15, 0.2) is 66.0 Å². The van der Waals surface area contributed by atoms with Gasteiger partial charge >= 0.3 is 0 Å². The Morgan fingerprint density at radius 2 is 2.03 bits per heavy atom. The predicted molar refractivity (Wildman–Crippen MR) is 120 cm³/mol. The molecule has 2 N–H and O–H groups in total. The van der Waals surface area contributed by atoms with Crippen LogP contribution in [0.1, 0.15) is 46.8 Å². The van der Waals surface area contributed by atoms with Gasteiger partial charge in [0, 0.05) is 28.4 Å². The molecule has 1 aliphatic heterocycles. The van der Waals surface area contributed by atoms with Crippen LogP contribution in [0.2, 0.25) is 5.02 Å². The number of allylic oxidation sites excluding steroid dienone is 2. The number of nitrogens with one attached hydrogen (secondary N) is 2. The first-order valence-electron chi connectivity index (χ1n) is 10.3. The minimum absolute atomic E-state index is 0.0885. The van der Waals surface area contributed by atoms with Crippen LogP contribution in [0.4, 0.5) is 11.5 Å². The van der Waals surface area contributed by atoms with E-state index in [0.717, 1.165) is 35.4 Å². The van der Waals surface area contributed by atoms with Crippen LogP contribution >= 0.6 is 11.6 Å². The summed E-state index contributed by atoms with van der Waals surface area (Å²) in [6, 6.07) is 14.6. The van der Waals surface area contributed by atoms with Gasteiger partial charge in [-0.05, 0) is 49.1 Å². The molecule has 0 fully saturated rings. The van der Waals surface area contributed by atoms with Crippen molar-refractivity contribution in [3.8, 4) is 0 Å². The summed E-state index contributed by atoms with van der Waals surface area (Å²) in [6.45, 7) is 1.97. The van der Waals surface area contributed by atoms with Crippen LogP contribution < -0.4 is 10.6 Å². The molecule has 0 saturated carbocycles. The second kappa shape index (κ2) is 7.71. The second-order valence-electron chi connectivity index (χ2n) is 7.89. The molecule has 1 unspecified atom stereocenters. The standard InChI is InChI=1S/C24H21ClN4O2/c1-14-6-4-7-15(12-14)27-24(31)17-13-26-29-22(16-8-2-3-9-18(16)25)21-19(28-23(17)29)10-5-11-20(21)30/h2-4,6-9,12-13,22,28H,5,10-11H2,1H3,(H,27,31). The van der Waals surface area contributed by atoms with Gasteiger partial charge in [0.1, 0.15) is 17.4 Å². The number of anilines is 2. The number of carbonyl (C=O) groups excluding carboxylic acids is 2. The maximum absolute atomic E-state index is 13.1. The lowest BCUT2D eigenvalue weighted by molar-refractivity contribution is -0.116. The third-order valence-electron chi connectivity index (χ3n) is 5.76. The van der Waals surface area contributed by atoms with E-state index in [1.54, 1.807) is 16.9 Å². The number of carbonyl (C=O) groups is 2. The van der Waals surface area contributed by atoms with Crippen molar-refractivity contribution in [2.75, 3.05) is 10.6 Å². The first-order chi connectivity index (χ1) is 15.0. The lowest BCUT2D eigenvalue weighted by Gasteiger charge is -2.33. The van der Waals surface area contributed by atoms with Crippen molar-refractivity contribution in [1.82, 2.24) is 9.78 Å². The molecule has 1 aliphatic carbocycles. The first kappa shape index (κ1) is 19.6. The minimum Gasteiger partial charge on any atom is -0.343 e. The molecule has 6 nitrogen and oxygen atoms in total. The number of rotatable bonds is 3. The van der Waals surface area contributed by atoms with E-state index in [1.807, 2.05) is 49.4 Å². The summed E-state index contributed by atoms with van der Waals surface area (Å²) in [7, 11) is 0. The van der Waals surface area contributed by atoms with Crippen molar-refractivity contribution in [3.05, 3.63) is 87.7 Å². The molecule has 156 valence electrons. The molecule has 1 amide bonds. The number of hydrogen-bond acceptors (Lipinski definition) is 4. The van der Waals surface area contributed by atoms with Crippen molar-refractivity contribution in [1.29, 1.82) is 0 Å². The fourth-order valence-electron chi connectivity index (χ4n) is 4.33. The molecule has 7 heteroatoms. The van der Waals surface area contributed by atoms with E-state index >= 15 is 0 Å². The maximum atomic E-state index is 13.1. The van der Waals surface area contributed by atoms with E-state index in [2.05, 4.69) is 15.7 Å². The van der Waals surface area contributed by atoms with Gasteiger partial charge in [0.2, 0.25) is 0 Å². The Morgan fingerprint density at radius 1 is 1.19 bits per heavy atom. The summed E-state index contributed by atoms with van der Waals surface area (Å²) in [5.41, 5.74) is 4.52. The average molecular weight is 433 g/mol. The molecule has 1 atom stereocenters. The summed E-state index contributed by atoms with van der Waals surface area (Å²) in [4.78, 5) is 26.0. The van der Waals surface area contributed by atoms with Crippen molar-refractivity contribution < 1.29 is 9.59 Å². The quantitative estimate of drug-likeness (QED) is 0.602. The predicted octanol–water partition coefficient (Wildman–Crippen LogP) is 5.12. The van der Waals surface area contributed by atoms with Crippen molar-refractivity contribution in [2.45, 2.75) is 32.2 Å². The second-order valence-corrected chi connectivity index (χ2v) is 8.30. The highest BCUT2D eigenvalue weighted by molar-refractivity contribution is 6.31. The van der Waals surface area contributed by atoms with Crippen LogP contribution in [-0.4, -0.2) is 21.5 Å². The van der Waals surface area contributed by atoms with Gasteiger partial charge in [-0.2, -0.15) is 5.10 Å². The van der Waals surface area contributed by atoms with Crippen molar-refractivity contribution >= 4 is 34.8 Å². The van der Waals surface area contributed by atoms with Gasteiger partial charge in [0.15, 0.2) is 5.78 Å². The van der Waals surface area contributed by atoms with E-state index in [9.17, 15) is 9.59 Å². The van der Waals surface area contributed by atoms with Crippen LogP contribution in [0.3, 0.4) is 0 Å². The molecular weight excluding hydrogens is 412 g/mol. The Balaban J connectivity index is 1.59. The fraction of sp³-hybridized carbons (Fsp3) is 0.208. The zero-order valence-electron chi connectivity index (χ0n) is 17.0. The Kier molecular flexibility index (Phi) is 4.87. The van der Waals surface area contributed by atoms with Gasteiger partial charge in [-0.3, -0.25) is 9.59 Å². The molecule has 0 bridgehead atoms. The highest BCUT2D eigenvalue weighted by Gasteiger charge is 2.38.